The van der Waals surface area contributed by atoms with E-state index in [9.17, 15) is 14.0 Å². The van der Waals surface area contributed by atoms with Crippen LogP contribution in [-0.2, 0) is 4.79 Å². The fourth-order valence-corrected chi connectivity index (χ4v) is 1.43. The van der Waals surface area contributed by atoms with Crippen LogP contribution in [0.2, 0.25) is 0 Å². The summed E-state index contributed by atoms with van der Waals surface area (Å²) in [5.74, 6) is -1.60. The summed E-state index contributed by atoms with van der Waals surface area (Å²) in [5.41, 5.74) is 8.07. The van der Waals surface area contributed by atoms with Crippen LogP contribution in [0.1, 0.15) is 0 Å². The van der Waals surface area contributed by atoms with Gasteiger partial charge in [-0.05, 0) is 5.53 Å². The van der Waals surface area contributed by atoms with Gasteiger partial charge in [-0.2, -0.15) is 0 Å². The summed E-state index contributed by atoms with van der Waals surface area (Å²) < 4.78 is 13.3. The number of hydrogen-bond donors (Lipinski definition) is 2. The molecule has 1 rings (SSSR count). The third kappa shape index (κ3) is 1.91. The molecule has 0 aromatic rings. The van der Waals surface area contributed by atoms with Crippen LogP contribution in [0.5, 0.6) is 0 Å². The first-order valence-electron chi connectivity index (χ1n) is 3.89. The van der Waals surface area contributed by atoms with Crippen molar-refractivity contribution in [3.05, 3.63) is 10.4 Å². The van der Waals surface area contributed by atoms with Gasteiger partial charge in [-0.3, -0.25) is 4.90 Å². The largest absolute Gasteiger partial charge is 0.480 e. The van der Waals surface area contributed by atoms with E-state index in [2.05, 4.69) is 10.0 Å². The zero-order valence-corrected chi connectivity index (χ0v) is 7.32. The number of hydrogen-bond acceptors (Lipinski definition) is 3. The summed E-state index contributed by atoms with van der Waals surface area (Å²) in [5, 5.41) is 20.2. The molecule has 0 unspecified atom stereocenters. The van der Waals surface area contributed by atoms with Gasteiger partial charge < -0.3 is 10.2 Å². The Labute approximate surface area is 82.5 Å². The van der Waals surface area contributed by atoms with Crippen molar-refractivity contribution < 1.29 is 24.2 Å². The maximum absolute atomic E-state index is 13.3. The molecular weight excluding hydrogens is 211 g/mol. The van der Waals surface area contributed by atoms with E-state index in [-0.39, 0.29) is 0 Å². The van der Waals surface area contributed by atoms with Gasteiger partial charge in [-0.1, -0.05) is 5.11 Å². The van der Waals surface area contributed by atoms with Crippen LogP contribution < -0.4 is 0 Å². The number of carbonyl (C=O) groups is 2. The standard InChI is InChI=1S/C6H7FN4O4/c7-3-2(9-10-8)1-11(6(14)15)4(3)5(12)13/h2-4H,1H2,(H,12,13)(H,14,15)/t2-,3+,4+/m1/s1. The number of rotatable bonds is 2. The van der Waals surface area contributed by atoms with E-state index in [4.69, 9.17) is 15.7 Å². The zero-order valence-electron chi connectivity index (χ0n) is 7.32. The number of amides is 1. The maximum Gasteiger partial charge on any atom is 0.408 e. The highest BCUT2D eigenvalue weighted by Gasteiger charge is 2.48. The fourth-order valence-electron chi connectivity index (χ4n) is 1.43. The fraction of sp³-hybridized carbons (Fsp3) is 0.667. The topological polar surface area (TPSA) is 127 Å². The van der Waals surface area contributed by atoms with Crippen LogP contribution in [0.3, 0.4) is 0 Å². The molecule has 0 aromatic heterocycles. The van der Waals surface area contributed by atoms with Crippen LogP contribution in [0, 0.1) is 0 Å². The van der Waals surface area contributed by atoms with Gasteiger partial charge in [0.05, 0.1) is 6.04 Å². The van der Waals surface area contributed by atoms with Crippen molar-refractivity contribution in [2.45, 2.75) is 18.3 Å². The summed E-state index contributed by atoms with van der Waals surface area (Å²) in [4.78, 5) is 23.9. The molecule has 1 fully saturated rings. The Balaban J connectivity index is 2.96. The molecule has 8 nitrogen and oxygen atoms in total. The molecule has 0 bridgehead atoms. The molecule has 0 spiro atoms. The second-order valence-electron chi connectivity index (χ2n) is 2.93. The van der Waals surface area contributed by atoms with Crippen molar-refractivity contribution in [1.82, 2.24) is 4.90 Å². The van der Waals surface area contributed by atoms with E-state index in [1.165, 1.54) is 0 Å². The number of aliphatic carboxylic acids is 1. The summed E-state index contributed by atoms with van der Waals surface area (Å²) >= 11 is 0. The van der Waals surface area contributed by atoms with Gasteiger partial charge in [0.1, 0.15) is 6.17 Å². The second kappa shape index (κ2) is 4.01. The van der Waals surface area contributed by atoms with E-state index in [0.29, 0.717) is 4.90 Å². The molecule has 3 atom stereocenters. The van der Waals surface area contributed by atoms with Crippen molar-refractivity contribution in [3.8, 4) is 0 Å². The van der Waals surface area contributed by atoms with Gasteiger partial charge in [0, 0.05) is 11.5 Å². The lowest BCUT2D eigenvalue weighted by atomic mass is 10.1. The Hall–Kier alpha value is -2.02. The number of likely N-dealkylation sites (tertiary alicyclic amines) is 1. The highest BCUT2D eigenvalue weighted by Crippen LogP contribution is 2.24. The predicted molar refractivity (Wildman–Crippen MR) is 44.0 cm³/mol. The van der Waals surface area contributed by atoms with E-state index in [1.54, 1.807) is 0 Å². The summed E-state index contributed by atoms with van der Waals surface area (Å²) in [7, 11) is 0. The highest BCUT2D eigenvalue weighted by atomic mass is 19.1. The first-order valence-corrected chi connectivity index (χ1v) is 3.89. The van der Waals surface area contributed by atoms with E-state index >= 15 is 0 Å². The number of nitrogens with zero attached hydrogens (tertiary/aromatic N) is 4. The lowest BCUT2D eigenvalue weighted by Gasteiger charge is -2.17. The smallest absolute Gasteiger partial charge is 0.408 e. The van der Waals surface area contributed by atoms with E-state index in [0.717, 1.165) is 0 Å². The van der Waals surface area contributed by atoms with Gasteiger partial charge in [0.2, 0.25) is 0 Å². The van der Waals surface area contributed by atoms with Crippen LogP contribution in [0.4, 0.5) is 9.18 Å². The summed E-state index contributed by atoms with van der Waals surface area (Å²) in [6, 6.07) is -3.09. The average molecular weight is 218 g/mol. The molecule has 9 heteroatoms. The van der Waals surface area contributed by atoms with Gasteiger partial charge in [-0.25, -0.2) is 14.0 Å². The third-order valence-corrected chi connectivity index (χ3v) is 2.09. The first kappa shape index (κ1) is 11.1. The summed E-state index contributed by atoms with van der Waals surface area (Å²) in [6.07, 6.45) is -3.57. The molecule has 1 heterocycles. The van der Waals surface area contributed by atoms with Crippen LogP contribution in [0.15, 0.2) is 5.11 Å². The number of azide groups is 1. The SMILES string of the molecule is [N-]=[N+]=N[C@@H]1CN(C(=O)O)[C@H](C(=O)O)[C@H]1F. The molecule has 1 saturated heterocycles. The molecular formula is C6H7FN4O4. The minimum atomic E-state index is -2.02. The molecule has 15 heavy (non-hydrogen) atoms. The Morgan fingerprint density at radius 1 is 1.53 bits per heavy atom. The second-order valence-corrected chi connectivity index (χ2v) is 2.93. The van der Waals surface area contributed by atoms with Crippen LogP contribution >= 0.6 is 0 Å². The molecule has 0 aliphatic carbocycles. The highest BCUT2D eigenvalue weighted by molar-refractivity contribution is 5.81. The van der Waals surface area contributed by atoms with E-state index in [1.807, 2.05) is 0 Å². The number of alkyl halides is 1. The maximum atomic E-state index is 13.3. The predicted octanol–water partition coefficient (Wildman–Crippen LogP) is 0.450. The van der Waals surface area contributed by atoms with Crippen molar-refractivity contribution >= 4 is 12.1 Å². The van der Waals surface area contributed by atoms with Gasteiger partial charge in [0.25, 0.3) is 0 Å². The van der Waals surface area contributed by atoms with E-state index < -0.39 is 36.9 Å². The third-order valence-electron chi connectivity index (χ3n) is 2.09. The number of halogens is 1. The lowest BCUT2D eigenvalue weighted by molar-refractivity contribution is -0.143. The van der Waals surface area contributed by atoms with Gasteiger partial charge >= 0.3 is 12.1 Å². The molecule has 1 amide bonds. The summed E-state index contributed by atoms with van der Waals surface area (Å²) in [6.45, 7) is -0.447. The Morgan fingerprint density at radius 3 is 2.47 bits per heavy atom. The quantitative estimate of drug-likeness (QED) is 0.396. The molecule has 1 aliphatic heterocycles. The van der Waals surface area contributed by atoms with Crippen molar-refractivity contribution in [2.75, 3.05) is 6.54 Å². The van der Waals surface area contributed by atoms with Crippen LogP contribution in [-0.4, -0.2) is 52.0 Å². The Kier molecular flexibility index (Phi) is 2.96. The van der Waals surface area contributed by atoms with Gasteiger partial charge in [0.15, 0.2) is 6.04 Å². The molecule has 2 N–H and O–H groups in total. The Morgan fingerprint density at radius 2 is 2.13 bits per heavy atom. The zero-order chi connectivity index (χ0) is 11.6. The van der Waals surface area contributed by atoms with Crippen molar-refractivity contribution in [1.29, 1.82) is 0 Å². The molecule has 0 saturated carbocycles. The average Bonchev–Trinajstić information content (AvgIpc) is 2.44. The minimum absolute atomic E-state index is 0.409. The molecule has 82 valence electrons. The number of carboxylic acid groups (broad SMARTS) is 2. The van der Waals surface area contributed by atoms with Crippen molar-refractivity contribution in [3.63, 3.8) is 0 Å². The lowest BCUT2D eigenvalue weighted by Crippen LogP contribution is -2.43. The van der Waals surface area contributed by atoms with Crippen molar-refractivity contribution in [2.24, 2.45) is 5.11 Å². The molecule has 0 aromatic carbocycles. The number of carboxylic acids is 1. The minimum Gasteiger partial charge on any atom is -0.480 e. The van der Waals surface area contributed by atoms with Gasteiger partial charge in [-0.15, -0.1) is 0 Å². The Bertz CT molecular complexity index is 342. The normalized spacial score (nSPS) is 29.7. The molecule has 1 aliphatic rings. The monoisotopic (exact) mass is 218 g/mol. The molecule has 0 radical (unpaired) electrons. The van der Waals surface area contributed by atoms with Crippen LogP contribution in [0.25, 0.3) is 10.4 Å². The first-order chi connectivity index (χ1) is 6.99.